The molecule has 0 aromatic carbocycles. The SMILES string of the molecule is NCC(F)C(O)C(=O)NC1CC(N)[C@@H]([C@H](O)[C@@H]2CC[C@H](O)C(CN)O2)C(OC2CCC(CO)O2)C1. The van der Waals surface area contributed by atoms with Crippen LogP contribution in [0.15, 0.2) is 0 Å². The zero-order chi connectivity index (χ0) is 25.7. The highest BCUT2D eigenvalue weighted by Gasteiger charge is 2.47. The number of carbonyl (C=O) groups excluding carboxylic acids is 1. The average molecular weight is 509 g/mol. The third-order valence-corrected chi connectivity index (χ3v) is 7.31. The maximum absolute atomic E-state index is 13.7. The van der Waals surface area contributed by atoms with Gasteiger partial charge in [0.2, 0.25) is 0 Å². The van der Waals surface area contributed by atoms with E-state index in [9.17, 15) is 29.6 Å². The molecule has 2 aliphatic heterocycles. The van der Waals surface area contributed by atoms with Gasteiger partial charge in [0.15, 0.2) is 12.4 Å². The molecule has 2 saturated heterocycles. The van der Waals surface area contributed by atoms with Crippen LogP contribution in [0, 0.1) is 5.92 Å². The summed E-state index contributed by atoms with van der Waals surface area (Å²) in [4.78, 5) is 12.3. The number of hydrogen-bond acceptors (Lipinski definition) is 11. The number of aliphatic hydroxyl groups excluding tert-OH is 4. The molecule has 1 amide bonds. The molecule has 8 unspecified atom stereocenters. The van der Waals surface area contributed by atoms with Gasteiger partial charge in [-0.15, -0.1) is 0 Å². The van der Waals surface area contributed by atoms with Crippen LogP contribution in [-0.4, -0.2) is 113 Å². The number of hydrogen-bond donors (Lipinski definition) is 8. The zero-order valence-corrected chi connectivity index (χ0v) is 19.8. The Kier molecular flexibility index (Phi) is 10.6. The van der Waals surface area contributed by atoms with Crippen LogP contribution >= 0.6 is 0 Å². The van der Waals surface area contributed by atoms with Gasteiger partial charge >= 0.3 is 0 Å². The molecule has 1 saturated carbocycles. The first-order chi connectivity index (χ1) is 16.7. The summed E-state index contributed by atoms with van der Waals surface area (Å²) < 4.78 is 31.4. The summed E-state index contributed by atoms with van der Waals surface area (Å²) in [5, 5.41) is 43.2. The largest absolute Gasteiger partial charge is 0.394 e. The Balaban J connectivity index is 1.72. The Morgan fingerprint density at radius 1 is 1.14 bits per heavy atom. The molecule has 0 bridgehead atoms. The molecule has 11 N–H and O–H groups in total. The van der Waals surface area contributed by atoms with E-state index in [1.807, 2.05) is 0 Å². The highest BCUT2D eigenvalue weighted by atomic mass is 19.1. The summed E-state index contributed by atoms with van der Waals surface area (Å²) in [6.07, 6.45) is -5.96. The number of rotatable bonds is 10. The highest BCUT2D eigenvalue weighted by Crippen LogP contribution is 2.36. The third kappa shape index (κ3) is 7.06. The standard InChI is InChI=1S/C22H41FN4O8/c23-12(7-24)20(30)22(32)27-10-5-13(26)19(16(6-10)35-18-4-1-11(9-28)33-18)21(31)15-3-2-14(29)17(8-25)34-15/h10-21,28-31H,1-9,24-26H2,(H,27,32)/t10?,11?,12?,13?,14-,15-,16?,17?,18?,19+,20?,21+/m0/s1. The summed E-state index contributed by atoms with van der Waals surface area (Å²) in [7, 11) is 0. The van der Waals surface area contributed by atoms with Crippen molar-refractivity contribution in [3.63, 3.8) is 0 Å². The third-order valence-electron chi connectivity index (χ3n) is 7.31. The van der Waals surface area contributed by atoms with E-state index < -0.39 is 79.5 Å². The molecule has 35 heavy (non-hydrogen) atoms. The smallest absolute Gasteiger partial charge is 0.252 e. The fourth-order valence-electron chi connectivity index (χ4n) is 5.33. The number of ether oxygens (including phenoxy) is 3. The topological polar surface area (TPSA) is 216 Å². The number of amides is 1. The molecule has 0 aromatic rings. The van der Waals surface area contributed by atoms with Crippen molar-refractivity contribution in [1.82, 2.24) is 5.32 Å². The van der Waals surface area contributed by atoms with Crippen molar-refractivity contribution in [1.29, 1.82) is 0 Å². The van der Waals surface area contributed by atoms with Crippen LogP contribution in [0.4, 0.5) is 4.39 Å². The molecule has 204 valence electrons. The van der Waals surface area contributed by atoms with Gasteiger partial charge in [-0.25, -0.2) is 4.39 Å². The lowest BCUT2D eigenvalue weighted by Crippen LogP contribution is -2.61. The minimum Gasteiger partial charge on any atom is -0.394 e. The lowest BCUT2D eigenvalue weighted by atomic mass is 9.74. The Morgan fingerprint density at radius 3 is 2.51 bits per heavy atom. The fourth-order valence-corrected chi connectivity index (χ4v) is 5.33. The van der Waals surface area contributed by atoms with E-state index >= 15 is 0 Å². The van der Waals surface area contributed by atoms with Gasteiger partial charge < -0.3 is 57.2 Å². The van der Waals surface area contributed by atoms with Crippen LogP contribution in [0.2, 0.25) is 0 Å². The second-order valence-electron chi connectivity index (χ2n) is 9.82. The Morgan fingerprint density at radius 2 is 1.89 bits per heavy atom. The quantitative estimate of drug-likeness (QED) is 0.148. The second-order valence-corrected chi connectivity index (χ2v) is 9.82. The van der Waals surface area contributed by atoms with E-state index in [0.29, 0.717) is 25.7 Å². The summed E-state index contributed by atoms with van der Waals surface area (Å²) in [6, 6.07) is -1.19. The van der Waals surface area contributed by atoms with E-state index in [1.54, 1.807) is 0 Å². The molecule has 13 heteroatoms. The van der Waals surface area contributed by atoms with Crippen LogP contribution in [0.5, 0.6) is 0 Å². The minimum absolute atomic E-state index is 0.105. The molecule has 0 spiro atoms. The molecule has 3 rings (SSSR count). The van der Waals surface area contributed by atoms with Crippen molar-refractivity contribution in [3.8, 4) is 0 Å². The number of halogens is 1. The van der Waals surface area contributed by atoms with Crippen molar-refractivity contribution in [2.75, 3.05) is 19.7 Å². The average Bonchev–Trinajstić information content (AvgIpc) is 3.30. The fraction of sp³-hybridized carbons (Fsp3) is 0.955. The number of nitrogens with two attached hydrogens (primary N) is 3. The molecule has 0 aromatic heterocycles. The number of nitrogens with one attached hydrogen (secondary N) is 1. The van der Waals surface area contributed by atoms with Gasteiger partial charge in [-0.3, -0.25) is 4.79 Å². The number of aliphatic hydroxyl groups is 4. The van der Waals surface area contributed by atoms with Gasteiger partial charge in [0.1, 0.15) is 6.17 Å². The molecule has 1 aliphatic carbocycles. The van der Waals surface area contributed by atoms with Crippen LogP contribution in [0.3, 0.4) is 0 Å². The van der Waals surface area contributed by atoms with Crippen molar-refractivity contribution in [3.05, 3.63) is 0 Å². The Hall–Kier alpha value is -1.00. The summed E-state index contributed by atoms with van der Waals surface area (Å²) in [6.45, 7) is -0.533. The van der Waals surface area contributed by atoms with Gasteiger partial charge in [0.05, 0.1) is 43.2 Å². The molecule has 3 aliphatic rings. The van der Waals surface area contributed by atoms with E-state index in [4.69, 9.17) is 31.4 Å². The summed E-state index contributed by atoms with van der Waals surface area (Å²) in [5.74, 6) is -1.49. The Labute approximate surface area is 204 Å². The van der Waals surface area contributed by atoms with Crippen molar-refractivity contribution in [2.24, 2.45) is 23.1 Å². The first kappa shape index (κ1) is 28.6. The van der Waals surface area contributed by atoms with Gasteiger partial charge in [-0.05, 0) is 32.1 Å². The highest BCUT2D eigenvalue weighted by molar-refractivity contribution is 5.81. The monoisotopic (exact) mass is 508 g/mol. The predicted molar refractivity (Wildman–Crippen MR) is 121 cm³/mol. The molecular weight excluding hydrogens is 467 g/mol. The van der Waals surface area contributed by atoms with Crippen molar-refractivity contribution < 1.29 is 43.8 Å². The lowest BCUT2D eigenvalue weighted by Gasteiger charge is -2.46. The molecule has 12 nitrogen and oxygen atoms in total. The minimum atomic E-state index is -1.90. The molecule has 0 radical (unpaired) electrons. The number of carbonyl (C=O) groups is 1. The molecular formula is C22H41FN4O8. The van der Waals surface area contributed by atoms with Gasteiger partial charge in [0.25, 0.3) is 5.91 Å². The maximum Gasteiger partial charge on any atom is 0.252 e. The predicted octanol–water partition coefficient (Wildman–Crippen LogP) is -3.02. The lowest BCUT2D eigenvalue weighted by molar-refractivity contribution is -0.216. The van der Waals surface area contributed by atoms with E-state index in [0.717, 1.165) is 0 Å². The van der Waals surface area contributed by atoms with E-state index in [-0.39, 0.29) is 32.1 Å². The summed E-state index contributed by atoms with van der Waals surface area (Å²) in [5.41, 5.74) is 17.4. The van der Waals surface area contributed by atoms with Gasteiger partial charge in [-0.2, -0.15) is 0 Å². The first-order valence-electron chi connectivity index (χ1n) is 12.4. The van der Waals surface area contributed by atoms with Crippen LogP contribution < -0.4 is 22.5 Å². The van der Waals surface area contributed by atoms with Crippen LogP contribution in [-0.2, 0) is 19.0 Å². The van der Waals surface area contributed by atoms with Gasteiger partial charge in [-0.1, -0.05) is 0 Å². The second kappa shape index (κ2) is 13.0. The first-order valence-corrected chi connectivity index (χ1v) is 12.4. The zero-order valence-electron chi connectivity index (χ0n) is 19.8. The van der Waals surface area contributed by atoms with Crippen molar-refractivity contribution in [2.45, 2.75) is 106 Å². The van der Waals surface area contributed by atoms with Crippen LogP contribution in [0.1, 0.15) is 38.5 Å². The normalized spacial score (nSPS) is 40.7. The molecule has 3 fully saturated rings. The number of alkyl halides is 1. The van der Waals surface area contributed by atoms with E-state index in [2.05, 4.69) is 5.32 Å². The van der Waals surface area contributed by atoms with Crippen LogP contribution in [0.25, 0.3) is 0 Å². The van der Waals surface area contributed by atoms with E-state index in [1.165, 1.54) is 0 Å². The Bertz CT molecular complexity index is 681. The molecule has 12 atom stereocenters. The maximum atomic E-state index is 13.7. The van der Waals surface area contributed by atoms with Gasteiger partial charge in [0, 0.05) is 37.5 Å². The summed E-state index contributed by atoms with van der Waals surface area (Å²) >= 11 is 0. The molecule has 2 heterocycles. The van der Waals surface area contributed by atoms with Crippen molar-refractivity contribution >= 4 is 5.91 Å².